The van der Waals surface area contributed by atoms with Crippen molar-refractivity contribution in [3.8, 4) is 0 Å². The topological polar surface area (TPSA) is 433 Å². The number of alkyl halides is 1. The summed E-state index contributed by atoms with van der Waals surface area (Å²) in [6.45, 7) is 30.6. The highest BCUT2D eigenvalue weighted by Crippen LogP contribution is 2.45. The van der Waals surface area contributed by atoms with E-state index in [1.54, 1.807) is 10.9 Å². The minimum atomic E-state index is -2.06. The fourth-order valence-corrected chi connectivity index (χ4v) is 13.3. The Morgan fingerprint density at radius 3 is 1.33 bits per heavy atom. The predicted molar refractivity (Wildman–Crippen MR) is 328 cm³/mol. The summed E-state index contributed by atoms with van der Waals surface area (Å²) < 4.78 is 59.5. The number of hydrogen-bond donors (Lipinski definition) is 12. The molecule has 0 aromatic carbocycles. The van der Waals surface area contributed by atoms with Gasteiger partial charge in [0.25, 0.3) is 0 Å². The quantitative estimate of drug-likeness (QED) is 0.0413. The lowest BCUT2D eigenvalue weighted by Crippen LogP contribution is -2.61. The lowest BCUT2D eigenvalue weighted by atomic mass is 9.99. The van der Waals surface area contributed by atoms with E-state index in [4.69, 9.17) is 39.4 Å². The molecule has 0 radical (unpaired) electrons. The maximum absolute atomic E-state index is 12.7. The first-order chi connectivity index (χ1) is 43.4. The smallest absolute Gasteiger partial charge is 0.407 e. The van der Waals surface area contributed by atoms with Gasteiger partial charge in [-0.1, -0.05) is 69.2 Å². The second kappa shape index (κ2) is 30.8. The van der Waals surface area contributed by atoms with Crippen LogP contribution >= 0.6 is 0 Å². The Morgan fingerprint density at radius 2 is 0.935 bits per heavy atom. The first-order valence-electron chi connectivity index (χ1n) is 31.8. The molecule has 8 heterocycles. The highest BCUT2D eigenvalue weighted by Gasteiger charge is 2.53. The average Bonchev–Trinajstić information content (AvgIpc) is 1.71. The van der Waals surface area contributed by atoms with Crippen LogP contribution < -0.4 is 63.8 Å². The van der Waals surface area contributed by atoms with Gasteiger partial charge in [-0.15, -0.1) is 0 Å². The van der Waals surface area contributed by atoms with Crippen LogP contribution in [0.2, 0.25) is 36.3 Å². The average molecular weight is 1350 g/mol. The molecule has 6 aliphatic rings. The van der Waals surface area contributed by atoms with Crippen molar-refractivity contribution < 1.29 is 82.5 Å². The van der Waals surface area contributed by atoms with E-state index in [9.17, 15) is 63.2 Å². The highest BCUT2D eigenvalue weighted by molar-refractivity contribution is 6.74. The summed E-state index contributed by atoms with van der Waals surface area (Å²) in [5, 5.41) is 56.9. The molecule has 0 amide bonds. The van der Waals surface area contributed by atoms with Gasteiger partial charge in [-0.2, -0.15) is 38.2 Å². The van der Waals surface area contributed by atoms with E-state index in [1.165, 1.54) is 26.4 Å². The van der Waals surface area contributed by atoms with Gasteiger partial charge in [0.05, 0.1) is 47.0 Å². The van der Waals surface area contributed by atoms with Gasteiger partial charge in [0.2, 0.25) is 37.6 Å². The molecule has 2 aliphatic carbocycles. The molecule has 4 aromatic rings. The molecule has 0 spiro atoms. The largest absolute Gasteiger partial charge is 0.448 e. The number of aliphatic hydroxyl groups is 6. The van der Waals surface area contributed by atoms with Gasteiger partial charge in [0, 0.05) is 11.8 Å². The molecule has 4 saturated heterocycles. The molecular formula is C57H99FN12O20Si2+4. The minimum absolute atomic E-state index is 0.0172. The number of hydrogen-bond acceptors (Lipinski definition) is 20. The number of H-pyrrole nitrogens is 6. The van der Waals surface area contributed by atoms with Crippen molar-refractivity contribution >= 4 is 16.6 Å². The number of rotatable bonds is 16. The molecule has 6 fully saturated rings. The van der Waals surface area contributed by atoms with Gasteiger partial charge < -0.3 is 58.4 Å². The Balaban J connectivity index is 0.000000196. The standard InChI is InChI=1S/C20H35N3O4Si.C16H29N3O4Si.C12H17N3O6.C8H11N3O6.CH3F/c1-8-15-13(2)16(27-28(6,7)20(3,4)5)17(26-15)23-12-22(11-14-9-10-14)18(24)21-19(23)25;1-8-11-10(2)12(23-24(6,7)16(3,4)5)13(22-11)19-9-17-14(20)18-15(19)21;16-4-7-8(17)9(18)10(21-7)15-5-14(3-6-1-2-6)11(19)13-12(15)20;12-1-3-4(13)5(14)6(17-3)11-2-9-7(15)10-8(11)16;1-2/h12-17H,8-11H2,1-7H3;9-13H,8H2,1-7H3,(H,18,20,21);5-10,16-18H,1-4H2;2-6,12-14H,1H2,(H,10,15,16);1H3/p+4/t13-,15+,16?,17+;10-,11+,12?,13+;7-,8+,9?,10-;3-,4+,5?,6-;/m0011./s1/i;;;;1D. The molecule has 4 unspecified atom stereocenters. The number of ether oxygens (including phenoxy) is 4. The molecule has 4 aromatic heterocycles. The van der Waals surface area contributed by atoms with Crippen molar-refractivity contribution in [2.24, 2.45) is 23.7 Å². The number of nitrogens with zero attached hydrogens (tertiary/aromatic N) is 6. The van der Waals surface area contributed by atoms with Crippen molar-refractivity contribution in [1.82, 2.24) is 39.0 Å². The molecule has 0 bridgehead atoms. The summed E-state index contributed by atoms with van der Waals surface area (Å²) in [5.41, 5.74) is -4.55. The molecule has 12 N–H and O–H groups in total. The van der Waals surface area contributed by atoms with Gasteiger partial charge in [-0.25, -0.2) is 57.5 Å². The third-order valence-corrected chi connectivity index (χ3v) is 27.6. The van der Waals surface area contributed by atoms with E-state index in [0.717, 1.165) is 54.0 Å². The summed E-state index contributed by atoms with van der Waals surface area (Å²) in [5.74, 6) is 1.28. The van der Waals surface area contributed by atoms with Crippen LogP contribution in [0.25, 0.3) is 0 Å². The summed E-state index contributed by atoms with van der Waals surface area (Å²) >= 11 is 0. The van der Waals surface area contributed by atoms with E-state index >= 15 is 0 Å². The van der Waals surface area contributed by atoms with E-state index in [0.29, 0.717) is 24.9 Å². The SMILES string of the molecule is CC[C@H]1O[C@@H]([n+]2c[nH]c(=O)[nH]c2=O)C(O[Si](C)(C)C(C)(C)C)[C@H]1C.CC[C@H]1O[C@@H](n2c[n+](CC3CC3)c(=O)[nH]c2=O)C(O[Si](C)(C)C(C)(C)C)[C@H]1C.O=c1[nH]c(=O)[n+](CC2CC2)cn1[C@@H]1O[C@H](CO)[C@H](O)C1O.O=c1[nH]c[n+]([C@@H]2O[C@H](CO)[C@H](O)C2O)c(=O)[nH]1.[2H]CF. The van der Waals surface area contributed by atoms with Crippen molar-refractivity contribution in [3.05, 3.63) is 109 Å². The fraction of sp³-hybridized carbons (Fsp3) is 0.789. The molecule has 16 atom stereocenters. The van der Waals surface area contributed by atoms with Gasteiger partial charge in [-0.3, -0.25) is 4.39 Å². The zero-order valence-electron chi connectivity index (χ0n) is 55.9. The normalized spacial score (nSPS) is 29.8. The van der Waals surface area contributed by atoms with Crippen LogP contribution in [0.3, 0.4) is 0 Å². The summed E-state index contributed by atoms with van der Waals surface area (Å²) in [7, 11) is -5.10. The third-order valence-electron chi connectivity index (χ3n) is 18.6. The summed E-state index contributed by atoms with van der Waals surface area (Å²) in [4.78, 5) is 108. The second-order valence-electron chi connectivity index (χ2n) is 27.4. The van der Waals surface area contributed by atoms with Crippen LogP contribution in [0.15, 0.2) is 63.7 Å². The Hall–Kier alpha value is -5.68. The molecule has 92 heavy (non-hydrogen) atoms. The molecular weight excluding hydrogens is 1250 g/mol. The minimum Gasteiger partial charge on any atom is -0.407 e. The Bertz CT molecular complexity index is 3620. The first-order valence-corrected chi connectivity index (χ1v) is 36.9. The third kappa shape index (κ3) is 17.6. The number of nitrogens with one attached hydrogen (secondary N) is 6. The van der Waals surface area contributed by atoms with Crippen LogP contribution in [0.4, 0.5) is 4.39 Å². The fourth-order valence-electron chi connectivity index (χ4n) is 10.6. The maximum Gasteiger partial charge on any atom is 0.448 e. The monoisotopic (exact) mass is 1350 g/mol. The van der Waals surface area contributed by atoms with Gasteiger partial charge in [0.1, 0.15) is 48.8 Å². The van der Waals surface area contributed by atoms with Gasteiger partial charge in [-0.05, 0) is 86.6 Å². The highest BCUT2D eigenvalue weighted by atomic mass is 28.4. The van der Waals surface area contributed by atoms with Crippen LogP contribution in [-0.4, -0.2) is 168 Å². The van der Waals surface area contributed by atoms with E-state index < -0.39 is 138 Å². The Kier molecular flexibility index (Phi) is 24.7. The first kappa shape index (κ1) is 73.7. The number of halogens is 1. The molecule has 518 valence electrons. The number of aromatic amines is 6. The molecule has 2 saturated carbocycles. The Labute approximate surface area is 532 Å². The summed E-state index contributed by atoms with van der Waals surface area (Å²) in [6, 6.07) is 0. The molecule has 10 rings (SSSR count). The van der Waals surface area contributed by atoms with Crippen LogP contribution in [-0.2, 0) is 40.9 Å². The Morgan fingerprint density at radius 1 is 0.565 bits per heavy atom. The van der Waals surface area contributed by atoms with Crippen LogP contribution in [0.1, 0.15) is 134 Å². The summed E-state index contributed by atoms with van der Waals surface area (Å²) in [6.07, 6.45) is 0.323. The van der Waals surface area contributed by atoms with E-state index in [1.807, 2.05) is 4.98 Å². The van der Waals surface area contributed by atoms with Gasteiger partial charge in [0.15, 0.2) is 29.3 Å². The lowest BCUT2D eigenvalue weighted by Gasteiger charge is -2.39. The van der Waals surface area contributed by atoms with Crippen molar-refractivity contribution in [1.29, 1.82) is 0 Å². The number of aliphatic hydroxyl groups excluding tert-OH is 6. The predicted octanol–water partition coefficient (Wildman–Crippen LogP) is -2.35. The van der Waals surface area contributed by atoms with E-state index in [-0.39, 0.29) is 52.0 Å². The molecule has 35 heteroatoms. The van der Waals surface area contributed by atoms with Crippen molar-refractivity contribution in [2.75, 3.05) is 20.4 Å². The van der Waals surface area contributed by atoms with Crippen LogP contribution in [0.5, 0.6) is 0 Å². The van der Waals surface area contributed by atoms with E-state index in [2.05, 4.69) is 120 Å². The van der Waals surface area contributed by atoms with Crippen molar-refractivity contribution in [3.63, 3.8) is 0 Å². The lowest BCUT2D eigenvalue weighted by molar-refractivity contribution is -0.782. The maximum atomic E-state index is 12.7. The van der Waals surface area contributed by atoms with Crippen LogP contribution in [0, 0.1) is 23.7 Å². The molecule has 4 aliphatic heterocycles. The molecule has 32 nitrogen and oxygen atoms in total. The zero-order valence-corrected chi connectivity index (χ0v) is 56.9. The number of aromatic nitrogens is 12. The van der Waals surface area contributed by atoms with Crippen molar-refractivity contribution in [2.45, 2.75) is 243 Å². The second-order valence-corrected chi connectivity index (χ2v) is 36.9. The van der Waals surface area contributed by atoms with Gasteiger partial charge >= 0.3 is 45.5 Å². The zero-order chi connectivity index (χ0) is 69.6.